The number of hydrogen-bond acceptors (Lipinski definition) is 6. The molecule has 1 aliphatic rings. The molecular formula is C28H26N4O5. The van der Waals surface area contributed by atoms with Crippen molar-refractivity contribution in [3.05, 3.63) is 90.5 Å². The SMILES string of the molecule is CN(CC(=O)NCc1ccco1)C(=O)/C=C/c1cn(-c2ccccc2)nc1-c1ccc2c(c1)OCCO2. The molecule has 4 aromatic rings. The molecule has 1 N–H and O–H groups in total. The highest BCUT2D eigenvalue weighted by Crippen LogP contribution is 2.35. The third kappa shape index (κ3) is 5.72. The molecule has 0 aliphatic carbocycles. The number of rotatable bonds is 8. The Kier molecular flexibility index (Phi) is 7.02. The molecule has 2 amide bonds. The second-order valence-corrected chi connectivity index (χ2v) is 8.46. The summed E-state index contributed by atoms with van der Waals surface area (Å²) >= 11 is 0. The van der Waals surface area contributed by atoms with Crippen molar-refractivity contribution in [1.82, 2.24) is 20.0 Å². The highest BCUT2D eigenvalue weighted by molar-refractivity contribution is 5.95. The van der Waals surface area contributed by atoms with Crippen LogP contribution in [0.2, 0.25) is 0 Å². The average Bonchev–Trinajstić information content (AvgIpc) is 3.61. The van der Waals surface area contributed by atoms with Gasteiger partial charge in [0.05, 0.1) is 25.0 Å². The zero-order chi connectivity index (χ0) is 25.6. The fourth-order valence-corrected chi connectivity index (χ4v) is 3.87. The number of aromatic nitrogens is 2. The van der Waals surface area contributed by atoms with Crippen LogP contribution >= 0.6 is 0 Å². The molecule has 2 aromatic carbocycles. The monoisotopic (exact) mass is 498 g/mol. The number of benzene rings is 2. The topological polar surface area (TPSA) is 98.8 Å². The summed E-state index contributed by atoms with van der Waals surface area (Å²) in [5, 5.41) is 7.53. The molecule has 1 aliphatic heterocycles. The normalized spacial score (nSPS) is 12.5. The highest BCUT2D eigenvalue weighted by atomic mass is 16.6. The lowest BCUT2D eigenvalue weighted by atomic mass is 10.1. The van der Waals surface area contributed by atoms with Crippen molar-refractivity contribution in [2.75, 3.05) is 26.8 Å². The Hall–Kier alpha value is -4.79. The number of para-hydroxylation sites is 1. The Morgan fingerprint density at radius 2 is 1.86 bits per heavy atom. The standard InChI is InChI=1S/C28H26N4O5/c1-31(19-26(33)29-17-23-8-5-13-35-23)27(34)12-10-21-18-32(22-6-3-2-4-7-22)30-28(21)20-9-11-24-25(16-20)37-15-14-36-24/h2-13,16,18H,14-15,17,19H2,1H3,(H,29,33)/b12-10+. The van der Waals surface area contributed by atoms with E-state index in [1.165, 1.54) is 11.0 Å². The maximum atomic E-state index is 12.8. The van der Waals surface area contributed by atoms with Gasteiger partial charge in [0.25, 0.3) is 0 Å². The number of nitrogens with zero attached hydrogens (tertiary/aromatic N) is 3. The summed E-state index contributed by atoms with van der Waals surface area (Å²) in [5.74, 6) is 1.40. The third-order valence-corrected chi connectivity index (χ3v) is 5.78. The minimum Gasteiger partial charge on any atom is -0.486 e. The average molecular weight is 499 g/mol. The number of nitrogens with one attached hydrogen (secondary N) is 1. The van der Waals surface area contributed by atoms with Crippen LogP contribution in [0.25, 0.3) is 23.0 Å². The van der Waals surface area contributed by atoms with Crippen molar-refractivity contribution in [2.24, 2.45) is 0 Å². The van der Waals surface area contributed by atoms with Crippen LogP contribution in [0.4, 0.5) is 0 Å². The minimum atomic E-state index is -0.311. The van der Waals surface area contributed by atoms with Crippen LogP contribution in [-0.4, -0.2) is 53.3 Å². The second kappa shape index (κ2) is 10.9. The fourth-order valence-electron chi connectivity index (χ4n) is 3.87. The van der Waals surface area contributed by atoms with Crippen LogP contribution in [0, 0.1) is 0 Å². The van der Waals surface area contributed by atoms with E-state index in [-0.39, 0.29) is 24.9 Å². The van der Waals surface area contributed by atoms with Crippen molar-refractivity contribution >= 4 is 17.9 Å². The lowest BCUT2D eigenvalue weighted by Gasteiger charge is -2.18. The summed E-state index contributed by atoms with van der Waals surface area (Å²) in [6.45, 7) is 1.18. The van der Waals surface area contributed by atoms with Gasteiger partial charge in [0.2, 0.25) is 11.8 Å². The van der Waals surface area contributed by atoms with E-state index in [1.54, 1.807) is 36.2 Å². The number of likely N-dealkylation sites (N-methyl/N-ethyl adjacent to an activating group) is 1. The second-order valence-electron chi connectivity index (χ2n) is 8.46. The van der Waals surface area contributed by atoms with Crippen LogP contribution in [0.3, 0.4) is 0 Å². The number of amides is 2. The molecule has 0 radical (unpaired) electrons. The van der Waals surface area contributed by atoms with Gasteiger partial charge < -0.3 is 24.1 Å². The Balaban J connectivity index is 1.34. The molecule has 0 fully saturated rings. The zero-order valence-electron chi connectivity index (χ0n) is 20.3. The molecule has 0 bridgehead atoms. The summed E-state index contributed by atoms with van der Waals surface area (Å²) in [6.07, 6.45) is 6.55. The molecule has 0 spiro atoms. The molecule has 3 heterocycles. The van der Waals surface area contributed by atoms with E-state index in [1.807, 2.05) is 54.7 Å². The maximum Gasteiger partial charge on any atom is 0.246 e. The number of hydrogen-bond donors (Lipinski definition) is 1. The zero-order valence-corrected chi connectivity index (χ0v) is 20.3. The largest absolute Gasteiger partial charge is 0.486 e. The highest BCUT2D eigenvalue weighted by Gasteiger charge is 2.17. The summed E-state index contributed by atoms with van der Waals surface area (Å²) in [6, 6.07) is 18.9. The van der Waals surface area contributed by atoms with Crippen molar-refractivity contribution in [3.8, 4) is 28.4 Å². The smallest absolute Gasteiger partial charge is 0.246 e. The molecule has 37 heavy (non-hydrogen) atoms. The Morgan fingerprint density at radius 1 is 1.05 bits per heavy atom. The molecule has 5 rings (SSSR count). The van der Waals surface area contributed by atoms with Crippen LogP contribution in [-0.2, 0) is 16.1 Å². The number of carbonyl (C=O) groups excluding carboxylic acids is 2. The van der Waals surface area contributed by atoms with E-state index >= 15 is 0 Å². The van der Waals surface area contributed by atoms with Crippen LogP contribution in [0.5, 0.6) is 11.5 Å². The molecule has 9 nitrogen and oxygen atoms in total. The minimum absolute atomic E-state index is 0.0812. The summed E-state index contributed by atoms with van der Waals surface area (Å²) < 4.78 is 18.4. The van der Waals surface area contributed by atoms with Crippen LogP contribution in [0.15, 0.2) is 83.6 Å². The van der Waals surface area contributed by atoms with Crippen molar-refractivity contribution < 1.29 is 23.5 Å². The van der Waals surface area contributed by atoms with Gasteiger partial charge in [0.1, 0.15) is 24.7 Å². The van der Waals surface area contributed by atoms with Gasteiger partial charge in [-0.1, -0.05) is 18.2 Å². The predicted octanol–water partition coefficient (Wildman–Crippen LogP) is 3.69. The lowest BCUT2D eigenvalue weighted by molar-refractivity contribution is -0.131. The van der Waals surface area contributed by atoms with E-state index in [9.17, 15) is 9.59 Å². The first-order chi connectivity index (χ1) is 18.1. The van der Waals surface area contributed by atoms with Crippen LogP contribution < -0.4 is 14.8 Å². The van der Waals surface area contributed by atoms with Gasteiger partial charge in [-0.15, -0.1) is 0 Å². The third-order valence-electron chi connectivity index (χ3n) is 5.78. The van der Waals surface area contributed by atoms with Gasteiger partial charge in [-0.25, -0.2) is 4.68 Å². The fraction of sp³-hybridized carbons (Fsp3) is 0.179. The number of ether oxygens (including phenoxy) is 2. The van der Waals surface area contributed by atoms with Crippen molar-refractivity contribution in [2.45, 2.75) is 6.54 Å². The van der Waals surface area contributed by atoms with Crippen molar-refractivity contribution in [1.29, 1.82) is 0 Å². The first kappa shape index (κ1) is 23.9. The molecular weight excluding hydrogens is 472 g/mol. The lowest BCUT2D eigenvalue weighted by Crippen LogP contribution is -2.37. The van der Waals surface area contributed by atoms with E-state index in [0.29, 0.717) is 36.2 Å². The molecule has 0 saturated heterocycles. The molecule has 0 atom stereocenters. The van der Waals surface area contributed by atoms with Gasteiger partial charge >= 0.3 is 0 Å². The molecule has 9 heteroatoms. The van der Waals surface area contributed by atoms with E-state index in [4.69, 9.17) is 19.0 Å². The van der Waals surface area contributed by atoms with Crippen molar-refractivity contribution in [3.63, 3.8) is 0 Å². The Morgan fingerprint density at radius 3 is 2.65 bits per heavy atom. The van der Waals surface area contributed by atoms with Gasteiger partial charge in [0.15, 0.2) is 11.5 Å². The Bertz CT molecular complexity index is 1410. The van der Waals surface area contributed by atoms with Gasteiger partial charge in [-0.05, 0) is 48.5 Å². The van der Waals surface area contributed by atoms with Gasteiger partial charge in [-0.3, -0.25) is 9.59 Å². The van der Waals surface area contributed by atoms with E-state index < -0.39 is 0 Å². The maximum absolute atomic E-state index is 12.8. The van der Waals surface area contributed by atoms with Gasteiger partial charge in [0, 0.05) is 30.4 Å². The predicted molar refractivity (Wildman–Crippen MR) is 137 cm³/mol. The molecule has 2 aromatic heterocycles. The summed E-state index contributed by atoms with van der Waals surface area (Å²) in [7, 11) is 1.58. The van der Waals surface area contributed by atoms with Crippen LogP contribution in [0.1, 0.15) is 11.3 Å². The first-order valence-corrected chi connectivity index (χ1v) is 11.8. The summed E-state index contributed by atoms with van der Waals surface area (Å²) in [5.41, 5.74) is 3.14. The van der Waals surface area contributed by atoms with E-state index in [2.05, 4.69) is 5.32 Å². The quantitative estimate of drug-likeness (QED) is 0.372. The van der Waals surface area contributed by atoms with E-state index in [0.717, 1.165) is 16.8 Å². The number of carbonyl (C=O) groups is 2. The number of fused-ring (bicyclic) bond motifs is 1. The molecule has 188 valence electrons. The first-order valence-electron chi connectivity index (χ1n) is 11.8. The van der Waals surface area contributed by atoms with Gasteiger partial charge in [-0.2, -0.15) is 5.10 Å². The molecule has 0 saturated carbocycles. The Labute approximate surface area is 213 Å². The molecule has 0 unspecified atom stereocenters. The summed E-state index contributed by atoms with van der Waals surface area (Å²) in [4.78, 5) is 26.4. The number of furan rings is 1.